The number of nitrogens with two attached hydrogens (primary N) is 2. The summed E-state index contributed by atoms with van der Waals surface area (Å²) in [5.74, 6) is 0.707. The molecule has 5 aromatic rings. The third-order valence-corrected chi connectivity index (χ3v) is 8.10. The number of carbonyl (C=O) groups excluding carboxylic acids is 1. The SMILES string of the molecule is COc1cc(-c2c(C#N)c(N)nc3sc(C(=O)Nc4nc(-c5ccc(C)cc5)cs4)c(N)c23)cc(OC)c1OC. The Balaban J connectivity index is 1.60. The maximum atomic E-state index is 13.4. The number of rotatable bonds is 7. The fourth-order valence-corrected chi connectivity index (χ4v) is 6.03. The van der Waals surface area contributed by atoms with Gasteiger partial charge in [0.05, 0.1) is 32.7 Å². The van der Waals surface area contributed by atoms with E-state index in [4.69, 9.17) is 25.7 Å². The van der Waals surface area contributed by atoms with Crippen molar-refractivity contribution in [2.45, 2.75) is 6.92 Å². The van der Waals surface area contributed by atoms with Crippen LogP contribution in [-0.2, 0) is 0 Å². The number of hydrogen-bond donors (Lipinski definition) is 3. The Hall–Kier alpha value is -4.86. The number of aromatic nitrogens is 2. The van der Waals surface area contributed by atoms with E-state index in [9.17, 15) is 10.1 Å². The van der Waals surface area contributed by atoms with Crippen LogP contribution >= 0.6 is 22.7 Å². The zero-order valence-electron chi connectivity index (χ0n) is 22.0. The molecule has 0 aliphatic rings. The van der Waals surface area contributed by atoms with Gasteiger partial charge in [0.2, 0.25) is 5.75 Å². The van der Waals surface area contributed by atoms with Crippen LogP contribution < -0.4 is 31.0 Å². The zero-order chi connectivity index (χ0) is 28.6. The van der Waals surface area contributed by atoms with Crippen molar-refractivity contribution in [2.24, 2.45) is 0 Å². The Bertz CT molecular complexity index is 1780. The summed E-state index contributed by atoms with van der Waals surface area (Å²) in [5, 5.41) is 15.6. The number of hydrogen-bond acceptors (Lipinski definition) is 11. The number of nitriles is 1. The molecule has 0 saturated heterocycles. The number of methoxy groups -OCH3 is 3. The highest BCUT2D eigenvalue weighted by molar-refractivity contribution is 7.21. The lowest BCUT2D eigenvalue weighted by molar-refractivity contribution is 0.103. The van der Waals surface area contributed by atoms with Crippen LogP contribution in [0.3, 0.4) is 0 Å². The highest BCUT2D eigenvalue weighted by Crippen LogP contribution is 2.47. The Labute approximate surface area is 237 Å². The molecule has 0 atom stereocenters. The quantitative estimate of drug-likeness (QED) is 0.222. The second kappa shape index (κ2) is 10.7. The molecule has 0 radical (unpaired) electrons. The minimum atomic E-state index is -0.446. The number of nitrogens with zero attached hydrogens (tertiary/aromatic N) is 3. The molecule has 202 valence electrons. The predicted molar refractivity (Wildman–Crippen MR) is 158 cm³/mol. The number of benzene rings is 2. The second-order valence-corrected chi connectivity index (χ2v) is 10.5. The van der Waals surface area contributed by atoms with Crippen LogP contribution in [-0.4, -0.2) is 37.2 Å². The topological polar surface area (TPSA) is 158 Å². The van der Waals surface area contributed by atoms with E-state index in [0.717, 1.165) is 28.2 Å². The van der Waals surface area contributed by atoms with Gasteiger partial charge in [-0.1, -0.05) is 29.8 Å². The normalized spacial score (nSPS) is 10.8. The van der Waals surface area contributed by atoms with Gasteiger partial charge in [-0.2, -0.15) is 5.26 Å². The van der Waals surface area contributed by atoms with E-state index < -0.39 is 5.91 Å². The van der Waals surface area contributed by atoms with Crippen molar-refractivity contribution in [1.29, 1.82) is 5.26 Å². The number of ether oxygens (including phenoxy) is 3. The standard InChI is InChI=1S/C28H24N6O4S2/c1-13-5-7-14(8-6-13)17-12-39-28(32-17)34-26(35)24-22(30)21-20(16(11-29)25(31)33-27(21)40-24)15-9-18(36-2)23(38-4)19(10-15)37-3/h5-10,12H,30H2,1-4H3,(H2,31,33)(H,32,34,35). The van der Waals surface area contributed by atoms with Crippen molar-refractivity contribution in [1.82, 2.24) is 9.97 Å². The highest BCUT2D eigenvalue weighted by atomic mass is 32.1. The van der Waals surface area contributed by atoms with E-state index in [-0.39, 0.29) is 21.9 Å². The number of nitrogen functional groups attached to an aromatic ring is 2. The van der Waals surface area contributed by atoms with Gasteiger partial charge < -0.3 is 25.7 Å². The summed E-state index contributed by atoms with van der Waals surface area (Å²) >= 11 is 2.38. The van der Waals surface area contributed by atoms with Gasteiger partial charge in [0.25, 0.3) is 5.91 Å². The first kappa shape index (κ1) is 26.7. The number of pyridine rings is 1. The predicted octanol–water partition coefficient (Wildman–Crippen LogP) is 5.71. The highest BCUT2D eigenvalue weighted by Gasteiger charge is 2.26. The van der Waals surface area contributed by atoms with E-state index in [1.54, 1.807) is 12.1 Å². The van der Waals surface area contributed by atoms with Gasteiger partial charge in [0.15, 0.2) is 16.6 Å². The van der Waals surface area contributed by atoms with Crippen LogP contribution in [0.1, 0.15) is 20.8 Å². The lowest BCUT2D eigenvalue weighted by Gasteiger charge is -2.16. The summed E-state index contributed by atoms with van der Waals surface area (Å²) in [6.07, 6.45) is 0. The Morgan fingerprint density at radius 1 is 1.00 bits per heavy atom. The first-order valence-electron chi connectivity index (χ1n) is 11.8. The average molecular weight is 573 g/mol. The summed E-state index contributed by atoms with van der Waals surface area (Å²) in [6.45, 7) is 2.01. The Morgan fingerprint density at radius 3 is 2.27 bits per heavy atom. The molecule has 3 heterocycles. The third kappa shape index (κ3) is 4.61. The van der Waals surface area contributed by atoms with Gasteiger partial charge in [-0.15, -0.1) is 22.7 Å². The number of thiazole rings is 1. The molecule has 0 bridgehead atoms. The van der Waals surface area contributed by atoms with Gasteiger partial charge in [-0.05, 0) is 24.6 Å². The van der Waals surface area contributed by atoms with Crippen LogP contribution in [0.25, 0.3) is 32.6 Å². The number of anilines is 3. The zero-order valence-corrected chi connectivity index (χ0v) is 23.6. The van der Waals surface area contributed by atoms with Crippen LogP contribution in [0.2, 0.25) is 0 Å². The lowest BCUT2D eigenvalue weighted by Crippen LogP contribution is -2.11. The molecule has 0 aliphatic carbocycles. The maximum Gasteiger partial charge on any atom is 0.269 e. The molecule has 0 fully saturated rings. The third-order valence-electron chi connectivity index (χ3n) is 6.25. The largest absolute Gasteiger partial charge is 0.493 e. The molecule has 0 aliphatic heterocycles. The summed E-state index contributed by atoms with van der Waals surface area (Å²) in [4.78, 5) is 22.9. The molecule has 3 aromatic heterocycles. The lowest BCUT2D eigenvalue weighted by atomic mass is 9.96. The molecule has 40 heavy (non-hydrogen) atoms. The van der Waals surface area contributed by atoms with E-state index in [2.05, 4.69) is 21.4 Å². The van der Waals surface area contributed by atoms with Crippen molar-refractivity contribution in [3.8, 4) is 45.7 Å². The van der Waals surface area contributed by atoms with Crippen molar-refractivity contribution in [3.63, 3.8) is 0 Å². The van der Waals surface area contributed by atoms with Crippen molar-refractivity contribution in [3.05, 3.63) is 57.8 Å². The Kier molecular flexibility index (Phi) is 7.17. The number of amides is 1. The molecule has 0 saturated carbocycles. The fraction of sp³-hybridized carbons (Fsp3) is 0.143. The van der Waals surface area contributed by atoms with Gasteiger partial charge in [-0.25, -0.2) is 9.97 Å². The molecule has 1 amide bonds. The summed E-state index contributed by atoms with van der Waals surface area (Å²) < 4.78 is 16.4. The first-order valence-corrected chi connectivity index (χ1v) is 13.5. The van der Waals surface area contributed by atoms with Gasteiger partial charge in [0.1, 0.15) is 27.2 Å². The minimum absolute atomic E-state index is 0.00891. The van der Waals surface area contributed by atoms with E-state index in [1.165, 1.54) is 32.7 Å². The van der Waals surface area contributed by atoms with Crippen molar-refractivity contribution >= 4 is 55.4 Å². The Morgan fingerprint density at radius 2 is 1.68 bits per heavy atom. The number of aryl methyl sites for hydroxylation is 1. The van der Waals surface area contributed by atoms with Gasteiger partial charge in [-0.3, -0.25) is 10.1 Å². The molecule has 5 N–H and O–H groups in total. The molecule has 0 unspecified atom stereocenters. The maximum absolute atomic E-state index is 13.4. The fourth-order valence-electron chi connectivity index (χ4n) is 4.31. The van der Waals surface area contributed by atoms with Crippen LogP contribution in [0, 0.1) is 18.3 Å². The molecular weight excluding hydrogens is 548 g/mol. The smallest absolute Gasteiger partial charge is 0.269 e. The number of carbonyl (C=O) groups is 1. The molecule has 2 aromatic carbocycles. The van der Waals surface area contributed by atoms with E-state index in [0.29, 0.717) is 43.7 Å². The second-order valence-electron chi connectivity index (χ2n) is 8.66. The van der Waals surface area contributed by atoms with Crippen LogP contribution in [0.5, 0.6) is 17.2 Å². The molecule has 5 rings (SSSR count). The van der Waals surface area contributed by atoms with Gasteiger partial charge >= 0.3 is 0 Å². The molecule has 0 spiro atoms. The van der Waals surface area contributed by atoms with Gasteiger partial charge in [0, 0.05) is 21.9 Å². The molecular formula is C28H24N6O4S2. The minimum Gasteiger partial charge on any atom is -0.493 e. The summed E-state index contributed by atoms with van der Waals surface area (Å²) in [7, 11) is 4.48. The van der Waals surface area contributed by atoms with Crippen LogP contribution in [0.4, 0.5) is 16.6 Å². The summed E-state index contributed by atoms with van der Waals surface area (Å²) in [5.41, 5.74) is 16.8. The number of thiophene rings is 1. The summed E-state index contributed by atoms with van der Waals surface area (Å²) in [6, 6.07) is 13.5. The molecule has 12 heteroatoms. The molecule has 10 nitrogen and oxygen atoms in total. The van der Waals surface area contributed by atoms with E-state index >= 15 is 0 Å². The van der Waals surface area contributed by atoms with E-state index in [1.807, 2.05) is 36.6 Å². The monoisotopic (exact) mass is 572 g/mol. The van der Waals surface area contributed by atoms with Crippen molar-refractivity contribution in [2.75, 3.05) is 38.1 Å². The number of fused-ring (bicyclic) bond motifs is 1. The van der Waals surface area contributed by atoms with Crippen LogP contribution in [0.15, 0.2) is 41.8 Å². The van der Waals surface area contributed by atoms with Crippen molar-refractivity contribution < 1.29 is 19.0 Å². The average Bonchev–Trinajstić information content (AvgIpc) is 3.55. The number of nitrogens with one attached hydrogen (secondary N) is 1. The first-order chi connectivity index (χ1) is 19.3.